The number of halogens is 2. The molecule has 0 aliphatic carbocycles. The molecular formula is C11H15F2N3OS. The first-order valence-corrected chi connectivity index (χ1v) is 6.17. The predicted molar refractivity (Wildman–Crippen MR) is 69.4 cm³/mol. The standard InChI is InChI=1S/C11H15F2N3OS/c1-7(6-10(14)16-17)15-8-4-2-3-5-9(8)18-11(12)13/h2-5,7,11,15,17H,6H2,1H3,(H2,14,16). The maximum absolute atomic E-state index is 12.4. The van der Waals surface area contributed by atoms with Gasteiger partial charge in [0.1, 0.15) is 5.84 Å². The SMILES string of the molecule is CC(C/C(N)=N/O)Nc1ccccc1SC(F)F. The Morgan fingerprint density at radius 3 is 2.78 bits per heavy atom. The lowest BCUT2D eigenvalue weighted by atomic mass is 10.2. The van der Waals surface area contributed by atoms with E-state index in [1.807, 2.05) is 6.92 Å². The van der Waals surface area contributed by atoms with E-state index in [1.54, 1.807) is 24.3 Å². The van der Waals surface area contributed by atoms with Gasteiger partial charge >= 0.3 is 0 Å². The van der Waals surface area contributed by atoms with Gasteiger partial charge in [-0.1, -0.05) is 29.1 Å². The molecule has 0 amide bonds. The fourth-order valence-corrected chi connectivity index (χ4v) is 2.06. The van der Waals surface area contributed by atoms with Crippen LogP contribution in [-0.2, 0) is 0 Å². The number of anilines is 1. The van der Waals surface area contributed by atoms with E-state index in [0.29, 0.717) is 28.8 Å². The van der Waals surface area contributed by atoms with E-state index in [0.717, 1.165) is 0 Å². The summed E-state index contributed by atoms with van der Waals surface area (Å²) in [6, 6.07) is 6.67. The van der Waals surface area contributed by atoms with Crippen LogP contribution in [0.15, 0.2) is 34.3 Å². The molecular weight excluding hydrogens is 260 g/mol. The molecule has 1 unspecified atom stereocenters. The average molecular weight is 275 g/mol. The number of nitrogens with zero attached hydrogens (tertiary/aromatic N) is 1. The number of nitrogens with one attached hydrogen (secondary N) is 1. The molecule has 0 fully saturated rings. The molecule has 1 rings (SSSR count). The van der Waals surface area contributed by atoms with Crippen LogP contribution in [0.5, 0.6) is 0 Å². The summed E-state index contributed by atoms with van der Waals surface area (Å²) in [5, 5.41) is 14.4. The molecule has 0 bridgehead atoms. The van der Waals surface area contributed by atoms with Crippen LogP contribution < -0.4 is 11.1 Å². The third-order valence-electron chi connectivity index (χ3n) is 2.15. The quantitative estimate of drug-likeness (QED) is 0.245. The third-order valence-corrected chi connectivity index (χ3v) is 2.94. The van der Waals surface area contributed by atoms with Crippen molar-refractivity contribution in [1.29, 1.82) is 0 Å². The van der Waals surface area contributed by atoms with Gasteiger partial charge in [0.2, 0.25) is 0 Å². The minimum absolute atomic E-state index is 0.0917. The average Bonchev–Trinajstić information content (AvgIpc) is 2.30. The monoisotopic (exact) mass is 275 g/mol. The molecule has 0 saturated heterocycles. The smallest absolute Gasteiger partial charge is 0.288 e. The molecule has 0 radical (unpaired) electrons. The normalized spacial score (nSPS) is 13.7. The van der Waals surface area contributed by atoms with Crippen molar-refractivity contribution in [3.8, 4) is 0 Å². The zero-order valence-corrected chi connectivity index (χ0v) is 10.6. The number of oxime groups is 1. The largest absolute Gasteiger partial charge is 0.409 e. The lowest BCUT2D eigenvalue weighted by Gasteiger charge is -2.17. The van der Waals surface area contributed by atoms with E-state index in [9.17, 15) is 8.78 Å². The summed E-state index contributed by atoms with van der Waals surface area (Å²) in [5.74, 6) is -2.37. The topological polar surface area (TPSA) is 70.6 Å². The van der Waals surface area contributed by atoms with Crippen LogP contribution in [0, 0.1) is 0 Å². The van der Waals surface area contributed by atoms with Crippen LogP contribution in [0.25, 0.3) is 0 Å². The summed E-state index contributed by atoms with van der Waals surface area (Å²) in [4.78, 5) is 0.471. The van der Waals surface area contributed by atoms with Crippen LogP contribution in [0.2, 0.25) is 0 Å². The van der Waals surface area contributed by atoms with E-state index in [1.165, 1.54) is 0 Å². The summed E-state index contributed by atoms with van der Waals surface area (Å²) in [6.45, 7) is 1.82. The minimum atomic E-state index is -2.47. The Labute approximate surface area is 108 Å². The maximum atomic E-state index is 12.4. The van der Waals surface area contributed by atoms with Crippen molar-refractivity contribution in [2.75, 3.05) is 5.32 Å². The Kier molecular flexibility index (Phi) is 5.70. The Hall–Kier alpha value is -1.50. The number of amidine groups is 1. The Balaban J connectivity index is 2.71. The summed E-state index contributed by atoms with van der Waals surface area (Å²) in [5.41, 5.74) is 5.99. The molecule has 4 N–H and O–H groups in total. The fourth-order valence-electron chi connectivity index (χ4n) is 1.46. The second-order valence-electron chi connectivity index (χ2n) is 3.72. The third kappa shape index (κ3) is 4.79. The molecule has 100 valence electrons. The molecule has 0 spiro atoms. The first-order chi connectivity index (χ1) is 8.52. The maximum Gasteiger partial charge on any atom is 0.288 e. The molecule has 0 heterocycles. The van der Waals surface area contributed by atoms with Crippen molar-refractivity contribution in [1.82, 2.24) is 0 Å². The van der Waals surface area contributed by atoms with Crippen molar-refractivity contribution in [2.24, 2.45) is 10.9 Å². The molecule has 1 aromatic carbocycles. The van der Waals surface area contributed by atoms with Crippen LogP contribution in [0.3, 0.4) is 0 Å². The van der Waals surface area contributed by atoms with Gasteiger partial charge in [-0.05, 0) is 19.1 Å². The van der Waals surface area contributed by atoms with Crippen LogP contribution in [0.1, 0.15) is 13.3 Å². The van der Waals surface area contributed by atoms with E-state index in [2.05, 4.69) is 10.5 Å². The van der Waals surface area contributed by atoms with Crippen molar-refractivity contribution >= 4 is 23.3 Å². The molecule has 0 aliphatic heterocycles. The highest BCUT2D eigenvalue weighted by molar-refractivity contribution is 7.99. The number of rotatable bonds is 6. The molecule has 0 aliphatic rings. The summed E-state index contributed by atoms with van der Waals surface area (Å²) in [7, 11) is 0. The van der Waals surface area contributed by atoms with Gasteiger partial charge < -0.3 is 16.3 Å². The number of nitrogens with two attached hydrogens (primary N) is 1. The zero-order chi connectivity index (χ0) is 13.5. The second kappa shape index (κ2) is 7.05. The number of thioether (sulfide) groups is 1. The predicted octanol–water partition coefficient (Wildman–Crippen LogP) is 2.94. The van der Waals surface area contributed by atoms with Crippen molar-refractivity contribution < 1.29 is 14.0 Å². The van der Waals surface area contributed by atoms with Gasteiger partial charge in [-0.3, -0.25) is 0 Å². The summed E-state index contributed by atoms with van der Waals surface area (Å²) in [6.07, 6.45) is 0.324. The number of benzene rings is 1. The van der Waals surface area contributed by atoms with Gasteiger partial charge in [0, 0.05) is 23.0 Å². The molecule has 1 aromatic rings. The fraction of sp³-hybridized carbons (Fsp3) is 0.364. The van der Waals surface area contributed by atoms with Crippen LogP contribution in [0.4, 0.5) is 14.5 Å². The van der Waals surface area contributed by atoms with Crippen molar-refractivity contribution in [3.05, 3.63) is 24.3 Å². The first kappa shape index (κ1) is 14.6. The van der Waals surface area contributed by atoms with Gasteiger partial charge in [-0.15, -0.1) is 0 Å². The lowest BCUT2D eigenvalue weighted by Crippen LogP contribution is -2.24. The van der Waals surface area contributed by atoms with E-state index >= 15 is 0 Å². The number of hydrogen-bond acceptors (Lipinski definition) is 4. The highest BCUT2D eigenvalue weighted by Gasteiger charge is 2.12. The Morgan fingerprint density at radius 1 is 1.50 bits per heavy atom. The van der Waals surface area contributed by atoms with Gasteiger partial charge in [0.25, 0.3) is 5.76 Å². The molecule has 7 heteroatoms. The van der Waals surface area contributed by atoms with E-state index in [-0.39, 0.29) is 11.9 Å². The second-order valence-corrected chi connectivity index (χ2v) is 4.75. The van der Waals surface area contributed by atoms with E-state index < -0.39 is 5.76 Å². The lowest BCUT2D eigenvalue weighted by molar-refractivity contribution is 0.252. The van der Waals surface area contributed by atoms with Crippen molar-refractivity contribution in [3.63, 3.8) is 0 Å². The highest BCUT2D eigenvalue weighted by Crippen LogP contribution is 2.32. The number of para-hydroxylation sites is 1. The molecule has 0 aromatic heterocycles. The Morgan fingerprint density at radius 2 is 2.17 bits per heavy atom. The number of hydrogen-bond donors (Lipinski definition) is 3. The van der Waals surface area contributed by atoms with Crippen molar-refractivity contribution in [2.45, 2.75) is 30.0 Å². The summed E-state index contributed by atoms with van der Waals surface area (Å²) < 4.78 is 24.7. The van der Waals surface area contributed by atoms with Gasteiger partial charge in [0.05, 0.1) is 0 Å². The van der Waals surface area contributed by atoms with E-state index in [4.69, 9.17) is 10.9 Å². The Bertz CT molecular complexity index is 415. The molecule has 0 saturated carbocycles. The van der Waals surface area contributed by atoms with Gasteiger partial charge in [-0.2, -0.15) is 8.78 Å². The molecule has 18 heavy (non-hydrogen) atoms. The van der Waals surface area contributed by atoms with Gasteiger partial charge in [0.15, 0.2) is 0 Å². The van der Waals surface area contributed by atoms with Crippen LogP contribution >= 0.6 is 11.8 Å². The first-order valence-electron chi connectivity index (χ1n) is 5.29. The van der Waals surface area contributed by atoms with Crippen LogP contribution in [-0.4, -0.2) is 22.8 Å². The summed E-state index contributed by atoms with van der Waals surface area (Å²) >= 11 is 0.485. The highest BCUT2D eigenvalue weighted by atomic mass is 32.2. The van der Waals surface area contributed by atoms with Gasteiger partial charge in [-0.25, -0.2) is 0 Å². The zero-order valence-electron chi connectivity index (χ0n) is 9.81. The molecule has 1 atom stereocenters. The minimum Gasteiger partial charge on any atom is -0.409 e. The number of alkyl halides is 2. The molecule has 4 nitrogen and oxygen atoms in total.